The van der Waals surface area contributed by atoms with Crippen molar-refractivity contribution in [3.63, 3.8) is 0 Å². The third kappa shape index (κ3) is 4.98. The molecule has 0 radical (unpaired) electrons. The summed E-state index contributed by atoms with van der Waals surface area (Å²) >= 11 is 0. The number of ether oxygens (including phenoxy) is 1. The molecule has 0 aliphatic carbocycles. The summed E-state index contributed by atoms with van der Waals surface area (Å²) in [6.07, 6.45) is -0.789. The first-order valence-electron chi connectivity index (χ1n) is 5.11. The molecule has 6 heteroatoms. The molecular weight excluding hydrogens is 222 g/mol. The van der Waals surface area contributed by atoms with Crippen molar-refractivity contribution in [3.8, 4) is 0 Å². The number of hydrogen-bond acceptors (Lipinski definition) is 4. The van der Waals surface area contributed by atoms with Crippen molar-refractivity contribution in [2.45, 2.75) is 6.54 Å². The minimum absolute atomic E-state index is 0.213. The van der Waals surface area contributed by atoms with Crippen LogP contribution in [-0.4, -0.2) is 25.2 Å². The van der Waals surface area contributed by atoms with Crippen LogP contribution in [0.25, 0.3) is 0 Å². The summed E-state index contributed by atoms with van der Waals surface area (Å²) in [6, 6.07) is 7.00. The number of carbonyl (C=O) groups excluding carboxylic acids is 2. The van der Waals surface area contributed by atoms with Gasteiger partial charge in [-0.1, -0.05) is 12.1 Å². The van der Waals surface area contributed by atoms with Gasteiger partial charge in [0, 0.05) is 18.7 Å². The Morgan fingerprint density at radius 2 is 2.06 bits per heavy atom. The van der Waals surface area contributed by atoms with Crippen LogP contribution in [0.4, 0.5) is 4.79 Å². The molecule has 1 aromatic rings. The van der Waals surface area contributed by atoms with E-state index in [9.17, 15) is 9.59 Å². The zero-order valence-corrected chi connectivity index (χ0v) is 9.31. The van der Waals surface area contributed by atoms with Gasteiger partial charge in [0.05, 0.1) is 0 Å². The van der Waals surface area contributed by atoms with Crippen LogP contribution < -0.4 is 16.8 Å². The first-order chi connectivity index (χ1) is 8.09. The van der Waals surface area contributed by atoms with E-state index in [0.717, 1.165) is 5.56 Å². The highest BCUT2D eigenvalue weighted by atomic mass is 16.5. The first-order valence-corrected chi connectivity index (χ1v) is 5.11. The summed E-state index contributed by atoms with van der Waals surface area (Å²) in [6.45, 7) is 1.26. The van der Waals surface area contributed by atoms with E-state index < -0.39 is 12.0 Å². The molecule has 0 heterocycles. The Labute approximate surface area is 98.9 Å². The third-order valence-corrected chi connectivity index (χ3v) is 2.06. The predicted molar refractivity (Wildman–Crippen MR) is 62.2 cm³/mol. The molecule has 1 aromatic carbocycles. The van der Waals surface area contributed by atoms with Gasteiger partial charge in [0.25, 0.3) is 0 Å². The molecule has 0 aliphatic rings. The van der Waals surface area contributed by atoms with Crippen molar-refractivity contribution < 1.29 is 14.3 Å². The SMILES string of the molecule is NC(=O)OCCNCc1cccc(C(N)=O)c1. The highest BCUT2D eigenvalue weighted by Crippen LogP contribution is 2.04. The molecule has 0 saturated carbocycles. The topological polar surface area (TPSA) is 107 Å². The Kier molecular flexibility index (Phi) is 4.96. The summed E-state index contributed by atoms with van der Waals surface area (Å²) in [5.74, 6) is -0.455. The molecule has 0 fully saturated rings. The lowest BCUT2D eigenvalue weighted by atomic mass is 10.1. The Morgan fingerprint density at radius 3 is 2.71 bits per heavy atom. The predicted octanol–water partition coefficient (Wildman–Crippen LogP) is -0.0296. The lowest BCUT2D eigenvalue weighted by Gasteiger charge is -2.05. The van der Waals surface area contributed by atoms with E-state index in [1.165, 1.54) is 0 Å². The second-order valence-corrected chi connectivity index (χ2v) is 3.41. The molecule has 0 spiro atoms. The van der Waals surface area contributed by atoms with Crippen LogP contribution in [0.3, 0.4) is 0 Å². The second-order valence-electron chi connectivity index (χ2n) is 3.41. The van der Waals surface area contributed by atoms with Crippen LogP contribution in [-0.2, 0) is 11.3 Å². The highest BCUT2D eigenvalue weighted by molar-refractivity contribution is 5.92. The number of amides is 2. The number of hydrogen-bond donors (Lipinski definition) is 3. The van der Waals surface area contributed by atoms with Gasteiger partial charge in [-0.15, -0.1) is 0 Å². The normalized spacial score (nSPS) is 9.88. The maximum atomic E-state index is 10.9. The molecule has 1 rings (SSSR count). The number of rotatable bonds is 6. The first kappa shape index (κ1) is 13.0. The number of nitrogens with two attached hydrogens (primary N) is 2. The molecule has 6 nitrogen and oxygen atoms in total. The van der Waals surface area contributed by atoms with E-state index in [0.29, 0.717) is 18.7 Å². The Hall–Kier alpha value is -2.08. The fraction of sp³-hybridized carbons (Fsp3) is 0.273. The molecule has 0 aliphatic heterocycles. The maximum Gasteiger partial charge on any atom is 0.404 e. The fourth-order valence-corrected chi connectivity index (χ4v) is 1.29. The Balaban J connectivity index is 2.34. The van der Waals surface area contributed by atoms with Crippen LogP contribution in [0.1, 0.15) is 15.9 Å². The van der Waals surface area contributed by atoms with Crippen molar-refractivity contribution in [1.29, 1.82) is 0 Å². The van der Waals surface area contributed by atoms with E-state index >= 15 is 0 Å². The van der Waals surface area contributed by atoms with Crippen LogP contribution in [0.2, 0.25) is 0 Å². The molecule has 0 aromatic heterocycles. The average Bonchev–Trinajstić information content (AvgIpc) is 2.28. The van der Waals surface area contributed by atoms with E-state index in [4.69, 9.17) is 11.5 Å². The summed E-state index contributed by atoms with van der Waals surface area (Å²) in [5, 5.41) is 3.04. The van der Waals surface area contributed by atoms with Gasteiger partial charge < -0.3 is 21.5 Å². The van der Waals surface area contributed by atoms with Crippen LogP contribution >= 0.6 is 0 Å². The number of carbonyl (C=O) groups is 2. The zero-order valence-electron chi connectivity index (χ0n) is 9.31. The maximum absolute atomic E-state index is 10.9. The monoisotopic (exact) mass is 237 g/mol. The van der Waals surface area contributed by atoms with Gasteiger partial charge in [0.15, 0.2) is 0 Å². The average molecular weight is 237 g/mol. The van der Waals surface area contributed by atoms with E-state index in [-0.39, 0.29) is 6.61 Å². The van der Waals surface area contributed by atoms with Gasteiger partial charge in [-0.05, 0) is 17.7 Å². The Bertz CT molecular complexity index is 407. The fourth-order valence-electron chi connectivity index (χ4n) is 1.29. The Morgan fingerprint density at radius 1 is 1.29 bits per heavy atom. The van der Waals surface area contributed by atoms with Gasteiger partial charge in [-0.2, -0.15) is 0 Å². The highest BCUT2D eigenvalue weighted by Gasteiger charge is 2.00. The van der Waals surface area contributed by atoms with Gasteiger partial charge in [-0.25, -0.2) is 4.79 Å². The van der Waals surface area contributed by atoms with Gasteiger partial charge in [-0.3, -0.25) is 4.79 Å². The van der Waals surface area contributed by atoms with Crippen LogP contribution in [0.5, 0.6) is 0 Å². The quantitative estimate of drug-likeness (QED) is 0.604. The molecule has 92 valence electrons. The lowest BCUT2D eigenvalue weighted by Crippen LogP contribution is -2.23. The van der Waals surface area contributed by atoms with E-state index in [2.05, 4.69) is 10.1 Å². The number of benzene rings is 1. The summed E-state index contributed by atoms with van der Waals surface area (Å²) in [5.41, 5.74) is 11.4. The number of primary amides is 2. The summed E-state index contributed by atoms with van der Waals surface area (Å²) < 4.78 is 4.54. The molecular formula is C11H15N3O3. The van der Waals surface area contributed by atoms with Crippen LogP contribution in [0.15, 0.2) is 24.3 Å². The van der Waals surface area contributed by atoms with E-state index in [1.54, 1.807) is 18.2 Å². The molecule has 0 unspecified atom stereocenters. The smallest absolute Gasteiger partial charge is 0.404 e. The molecule has 0 saturated heterocycles. The third-order valence-electron chi connectivity index (χ3n) is 2.06. The molecule has 0 atom stereocenters. The van der Waals surface area contributed by atoms with Gasteiger partial charge >= 0.3 is 6.09 Å². The molecule has 17 heavy (non-hydrogen) atoms. The lowest BCUT2D eigenvalue weighted by molar-refractivity contribution is 0.1000. The van der Waals surface area contributed by atoms with Crippen molar-refractivity contribution in [2.24, 2.45) is 11.5 Å². The van der Waals surface area contributed by atoms with Crippen molar-refractivity contribution in [2.75, 3.05) is 13.2 Å². The zero-order chi connectivity index (χ0) is 12.7. The molecule has 5 N–H and O–H groups in total. The van der Waals surface area contributed by atoms with Crippen molar-refractivity contribution in [3.05, 3.63) is 35.4 Å². The second kappa shape index (κ2) is 6.49. The van der Waals surface area contributed by atoms with Gasteiger partial charge in [0.1, 0.15) is 6.61 Å². The number of nitrogens with one attached hydrogen (secondary N) is 1. The van der Waals surface area contributed by atoms with E-state index in [1.807, 2.05) is 6.07 Å². The van der Waals surface area contributed by atoms with Crippen LogP contribution in [0, 0.1) is 0 Å². The minimum atomic E-state index is -0.789. The molecule has 2 amide bonds. The van der Waals surface area contributed by atoms with Gasteiger partial charge in [0.2, 0.25) is 5.91 Å². The molecule has 0 bridgehead atoms. The summed E-state index contributed by atoms with van der Waals surface area (Å²) in [4.78, 5) is 21.2. The standard InChI is InChI=1S/C11H15N3O3/c12-10(15)9-3-1-2-8(6-9)7-14-4-5-17-11(13)16/h1-3,6,14H,4-5,7H2,(H2,12,15)(H2,13,16). The largest absolute Gasteiger partial charge is 0.448 e. The van der Waals surface area contributed by atoms with Crippen molar-refractivity contribution >= 4 is 12.0 Å². The minimum Gasteiger partial charge on any atom is -0.448 e. The summed E-state index contributed by atoms with van der Waals surface area (Å²) in [7, 11) is 0. The van der Waals surface area contributed by atoms with Crippen molar-refractivity contribution in [1.82, 2.24) is 5.32 Å².